The zero-order valence-electron chi connectivity index (χ0n) is 35.7. The number of amides is 5. The van der Waals surface area contributed by atoms with Gasteiger partial charge in [0.2, 0.25) is 11.8 Å². The molecule has 60 heavy (non-hydrogen) atoms. The minimum atomic E-state index is -1.94. The van der Waals surface area contributed by atoms with Crippen LogP contribution < -0.4 is 25.4 Å². The lowest BCUT2D eigenvalue weighted by Gasteiger charge is -2.36. The number of rotatable bonds is 13. The molecule has 3 aliphatic rings. The highest BCUT2D eigenvalue weighted by atomic mass is 32.2. The smallest absolute Gasteiger partial charge is 0.408 e. The number of pyridine rings is 1. The Morgan fingerprint density at radius 3 is 2.32 bits per heavy atom. The molecule has 2 heterocycles. The summed E-state index contributed by atoms with van der Waals surface area (Å²) in [6, 6.07) is 14.5. The Hall–Kier alpha value is -5.31. The van der Waals surface area contributed by atoms with Crippen molar-refractivity contribution in [3.8, 4) is 22.8 Å². The number of fused-ring (bicyclic) bond motifs is 1. The van der Waals surface area contributed by atoms with Gasteiger partial charge >= 0.3 is 11.3 Å². The summed E-state index contributed by atoms with van der Waals surface area (Å²) in [7, 11) is -0.373. The Kier molecular flexibility index (Phi) is 12.5. The van der Waals surface area contributed by atoms with Crippen LogP contribution in [0.1, 0.15) is 87.0 Å². The monoisotopic (exact) mass is 843 g/mol. The molecule has 5 amide bonds. The molecule has 15 heteroatoms. The molecule has 1 aliphatic heterocycles. The highest BCUT2D eigenvalue weighted by molar-refractivity contribution is 8.01. The fourth-order valence-electron chi connectivity index (χ4n) is 7.86. The van der Waals surface area contributed by atoms with Crippen molar-refractivity contribution in [2.45, 2.75) is 121 Å². The Morgan fingerprint density at radius 1 is 1.03 bits per heavy atom. The lowest BCUT2D eigenvalue weighted by Crippen LogP contribution is -2.60. The van der Waals surface area contributed by atoms with Crippen LogP contribution in [0.25, 0.3) is 22.2 Å². The quantitative estimate of drug-likeness (QED) is 0.159. The molecule has 2 saturated carbocycles. The first kappa shape index (κ1) is 44.2. The predicted molar refractivity (Wildman–Crippen MR) is 229 cm³/mol. The molecule has 0 spiro atoms. The number of imide groups is 1. The maximum absolute atomic E-state index is 14.8. The molecule has 6 atom stereocenters. The van der Waals surface area contributed by atoms with Gasteiger partial charge in [0.1, 0.15) is 51.6 Å². The molecule has 2 aromatic carbocycles. The van der Waals surface area contributed by atoms with Crippen LogP contribution in [-0.4, -0.2) is 90.9 Å². The van der Waals surface area contributed by atoms with Crippen LogP contribution in [0, 0.1) is 11.3 Å². The third-order valence-corrected chi connectivity index (χ3v) is 13.1. The standard InChI is InChI=1S/C45H57N5O9S/c1-10-19-44(20-21-44)60(56)41(55)48-39(53)45(25-28(45)11-2)49-37(51)34-23-30(26-50(34)38(52)36(42(3,4)5)47-40(54)59-43(6,7)8)58-35-24-32(27-15-13-12-14-16-27)46-33-22-29(57-9)17-18-31(33)35/h11-18,22,24,28,30,34,36H,2,10,19-21,23,25-26H2,1,3-9H3,(H,47,54)(H,49,51)(H,48,53,55)/t28?,30-,34+,36-,45-,60?/m1/s1. The van der Waals surface area contributed by atoms with E-state index < -0.39 is 85.3 Å². The number of methoxy groups -OCH3 is 1. The summed E-state index contributed by atoms with van der Waals surface area (Å²) in [5, 5.41) is 7.72. The molecule has 2 unspecified atom stereocenters. The van der Waals surface area contributed by atoms with Crippen molar-refractivity contribution in [2.75, 3.05) is 13.7 Å². The first-order valence-electron chi connectivity index (χ1n) is 20.5. The molecule has 322 valence electrons. The molecule has 6 rings (SSSR count). The van der Waals surface area contributed by atoms with Crippen molar-refractivity contribution in [2.24, 2.45) is 11.3 Å². The molecule has 2 aliphatic carbocycles. The van der Waals surface area contributed by atoms with E-state index in [-0.39, 0.29) is 19.4 Å². The second-order valence-corrected chi connectivity index (χ2v) is 19.9. The number of benzene rings is 2. The van der Waals surface area contributed by atoms with E-state index in [0.29, 0.717) is 47.4 Å². The Morgan fingerprint density at radius 2 is 1.73 bits per heavy atom. The summed E-state index contributed by atoms with van der Waals surface area (Å²) < 4.78 is 30.3. The second kappa shape index (κ2) is 17.0. The van der Waals surface area contributed by atoms with Crippen LogP contribution in [-0.2, 0) is 29.9 Å². The number of carbonyl (C=O) groups is 5. The fourth-order valence-corrected chi connectivity index (χ4v) is 9.30. The van der Waals surface area contributed by atoms with Crippen LogP contribution in [0.3, 0.4) is 0 Å². The van der Waals surface area contributed by atoms with Gasteiger partial charge in [0.05, 0.1) is 29.6 Å². The number of hydrogen-bond donors (Lipinski definition) is 3. The third kappa shape index (κ3) is 9.51. The van der Waals surface area contributed by atoms with Gasteiger partial charge < -0.3 is 29.7 Å². The molecule has 1 aromatic heterocycles. The van der Waals surface area contributed by atoms with Crippen molar-refractivity contribution < 1.29 is 42.4 Å². The number of likely N-dealkylation sites (tertiary alicyclic amines) is 1. The first-order valence-corrected chi connectivity index (χ1v) is 21.6. The molecule has 14 nitrogen and oxygen atoms in total. The molecule has 0 bridgehead atoms. The van der Waals surface area contributed by atoms with E-state index in [2.05, 4.69) is 22.5 Å². The molecular weight excluding hydrogens is 787 g/mol. The molecule has 1 saturated heterocycles. The van der Waals surface area contributed by atoms with E-state index >= 15 is 0 Å². The SMILES string of the molecule is C=CC1C[C@]1(NC(=O)[C@@H]1C[C@@H](Oc2cc(-c3ccccc3)nc3cc(OC)ccc23)CN1C(=O)[C@@H](NC(=O)OC(C)(C)C)C(C)(C)C)C(=O)NC(=O)S(=O)C1(CCC)CC1. The summed E-state index contributed by atoms with van der Waals surface area (Å²) in [6.45, 7) is 16.3. The number of aromatic nitrogens is 1. The lowest BCUT2D eigenvalue weighted by molar-refractivity contribution is -0.143. The van der Waals surface area contributed by atoms with Crippen molar-refractivity contribution in [1.82, 2.24) is 25.8 Å². The highest BCUT2D eigenvalue weighted by Gasteiger charge is 2.62. The van der Waals surface area contributed by atoms with Gasteiger partial charge in [-0.2, -0.15) is 0 Å². The number of nitrogens with one attached hydrogen (secondary N) is 3. The average Bonchev–Trinajstić information content (AvgIpc) is 4.09. The van der Waals surface area contributed by atoms with Crippen LogP contribution in [0.5, 0.6) is 11.5 Å². The summed E-state index contributed by atoms with van der Waals surface area (Å²) in [4.78, 5) is 75.8. The van der Waals surface area contributed by atoms with E-state index in [1.165, 1.54) is 11.0 Å². The summed E-state index contributed by atoms with van der Waals surface area (Å²) in [6.07, 6.45) is 2.77. The summed E-state index contributed by atoms with van der Waals surface area (Å²) in [5.41, 5.74) is -1.15. The van der Waals surface area contributed by atoms with Crippen LogP contribution >= 0.6 is 0 Å². The number of hydrogen-bond acceptors (Lipinski definition) is 10. The van der Waals surface area contributed by atoms with E-state index in [1.54, 1.807) is 60.8 Å². The highest BCUT2D eigenvalue weighted by Crippen LogP contribution is 2.47. The van der Waals surface area contributed by atoms with Crippen LogP contribution in [0.15, 0.2) is 67.3 Å². The zero-order valence-corrected chi connectivity index (χ0v) is 36.5. The second-order valence-electron chi connectivity index (χ2n) is 18.1. The van der Waals surface area contributed by atoms with E-state index in [0.717, 1.165) is 12.0 Å². The summed E-state index contributed by atoms with van der Waals surface area (Å²) in [5.74, 6) is -1.47. The molecule has 3 fully saturated rings. The topological polar surface area (TPSA) is 182 Å². The van der Waals surface area contributed by atoms with Crippen molar-refractivity contribution >= 4 is 50.8 Å². The lowest BCUT2D eigenvalue weighted by atomic mass is 9.85. The molecule has 3 N–H and O–H groups in total. The van der Waals surface area contributed by atoms with Crippen molar-refractivity contribution in [3.05, 3.63) is 67.3 Å². The maximum atomic E-state index is 14.8. The first-order chi connectivity index (χ1) is 28.2. The minimum absolute atomic E-state index is 0.0143. The minimum Gasteiger partial charge on any atom is -0.497 e. The van der Waals surface area contributed by atoms with Gasteiger partial charge in [0.15, 0.2) is 0 Å². The molecular formula is C45H57N5O9S. The Balaban J connectivity index is 1.32. The van der Waals surface area contributed by atoms with Gasteiger partial charge in [-0.15, -0.1) is 6.58 Å². The zero-order chi connectivity index (χ0) is 43.8. The van der Waals surface area contributed by atoms with Gasteiger partial charge in [-0.25, -0.2) is 14.0 Å². The number of ether oxygens (including phenoxy) is 3. The molecule has 0 radical (unpaired) electrons. The van der Waals surface area contributed by atoms with Crippen LogP contribution in [0.2, 0.25) is 0 Å². The Bertz CT molecular complexity index is 2200. The average molecular weight is 844 g/mol. The van der Waals surface area contributed by atoms with Gasteiger partial charge in [0.25, 0.3) is 5.91 Å². The van der Waals surface area contributed by atoms with Gasteiger partial charge in [-0.3, -0.25) is 24.5 Å². The number of carbonyl (C=O) groups excluding carboxylic acids is 5. The maximum Gasteiger partial charge on any atom is 0.408 e. The molecule has 3 aromatic rings. The van der Waals surface area contributed by atoms with E-state index in [9.17, 15) is 28.2 Å². The fraction of sp³-hybridized carbons (Fsp3) is 0.511. The van der Waals surface area contributed by atoms with E-state index in [1.807, 2.05) is 49.4 Å². The van der Waals surface area contributed by atoms with Gasteiger partial charge in [-0.1, -0.05) is 70.5 Å². The third-order valence-electron chi connectivity index (χ3n) is 11.3. The van der Waals surface area contributed by atoms with Crippen molar-refractivity contribution in [1.29, 1.82) is 0 Å². The van der Waals surface area contributed by atoms with Gasteiger partial charge in [-0.05, 0) is 64.0 Å². The van der Waals surface area contributed by atoms with E-state index in [4.69, 9.17) is 19.2 Å². The Labute approximate surface area is 354 Å². The predicted octanol–water partition coefficient (Wildman–Crippen LogP) is 6.58. The van der Waals surface area contributed by atoms with Gasteiger partial charge in [0, 0.05) is 35.4 Å². The number of alkyl carbamates (subject to hydrolysis) is 1. The van der Waals surface area contributed by atoms with Crippen molar-refractivity contribution in [3.63, 3.8) is 0 Å². The number of nitrogens with zero attached hydrogens (tertiary/aromatic N) is 2. The normalized spacial score (nSPS) is 22.8. The van der Waals surface area contributed by atoms with Crippen LogP contribution in [0.4, 0.5) is 9.59 Å². The summed E-state index contributed by atoms with van der Waals surface area (Å²) >= 11 is 0. The largest absolute Gasteiger partial charge is 0.497 e.